The number of hydrogen-bond donors (Lipinski definition) is 1. The average molecular weight is 335 g/mol. The fourth-order valence-corrected chi connectivity index (χ4v) is 4.29. The Kier molecular flexibility index (Phi) is 3.95. The van der Waals surface area contributed by atoms with Crippen LogP contribution in [-0.4, -0.2) is 50.1 Å². The van der Waals surface area contributed by atoms with E-state index in [2.05, 4.69) is 5.32 Å². The van der Waals surface area contributed by atoms with Gasteiger partial charge in [-0.15, -0.1) is 0 Å². The number of anilines is 1. The normalized spacial score (nSPS) is 25.8. The van der Waals surface area contributed by atoms with Crippen molar-refractivity contribution >= 4 is 11.6 Å². The minimum absolute atomic E-state index is 0.178. The molecule has 1 aromatic rings. The van der Waals surface area contributed by atoms with Gasteiger partial charge >= 0.3 is 0 Å². The first-order chi connectivity index (χ1) is 11.6. The van der Waals surface area contributed by atoms with Crippen LogP contribution in [0.5, 0.6) is 0 Å². The molecule has 6 heteroatoms. The van der Waals surface area contributed by atoms with Crippen molar-refractivity contribution < 1.29 is 13.6 Å². The first-order valence-corrected chi connectivity index (χ1v) is 8.79. The minimum atomic E-state index is -0.435. The summed E-state index contributed by atoms with van der Waals surface area (Å²) in [6.07, 6.45) is 3.21. The van der Waals surface area contributed by atoms with Gasteiger partial charge in [0.15, 0.2) is 0 Å². The molecule has 0 radical (unpaired) electrons. The molecule has 24 heavy (non-hydrogen) atoms. The highest BCUT2D eigenvalue weighted by molar-refractivity contribution is 5.83. The first kappa shape index (κ1) is 15.8. The van der Waals surface area contributed by atoms with Crippen LogP contribution in [0.2, 0.25) is 0 Å². The highest BCUT2D eigenvalue weighted by Crippen LogP contribution is 2.59. The maximum absolute atomic E-state index is 13.9. The van der Waals surface area contributed by atoms with Crippen LogP contribution in [-0.2, 0) is 4.79 Å². The van der Waals surface area contributed by atoms with Crippen LogP contribution in [0.1, 0.15) is 19.3 Å². The van der Waals surface area contributed by atoms with Gasteiger partial charge in [0.1, 0.15) is 11.6 Å². The van der Waals surface area contributed by atoms with Crippen LogP contribution in [0.4, 0.5) is 14.5 Å². The van der Waals surface area contributed by atoms with Crippen LogP contribution in [0.25, 0.3) is 0 Å². The van der Waals surface area contributed by atoms with Gasteiger partial charge in [0, 0.05) is 38.2 Å². The Bertz CT molecular complexity index is 637. The molecule has 1 unspecified atom stereocenters. The Balaban J connectivity index is 1.36. The van der Waals surface area contributed by atoms with Gasteiger partial charge in [-0.2, -0.15) is 0 Å². The Labute approximate surface area is 140 Å². The zero-order chi connectivity index (χ0) is 16.7. The maximum Gasteiger partial charge on any atom is 0.226 e. The third kappa shape index (κ3) is 2.77. The fraction of sp³-hybridized carbons (Fsp3) is 0.611. The molecule has 130 valence electrons. The molecule has 0 bridgehead atoms. The molecule has 1 N–H and O–H groups in total. The van der Waals surface area contributed by atoms with Gasteiger partial charge < -0.3 is 15.1 Å². The molecule has 2 aliphatic heterocycles. The van der Waals surface area contributed by atoms with Crippen LogP contribution >= 0.6 is 0 Å². The van der Waals surface area contributed by atoms with Gasteiger partial charge in [-0.1, -0.05) is 0 Å². The van der Waals surface area contributed by atoms with Crippen LogP contribution in [0.3, 0.4) is 0 Å². The van der Waals surface area contributed by atoms with Crippen molar-refractivity contribution in [3.8, 4) is 0 Å². The predicted octanol–water partition coefficient (Wildman–Crippen LogP) is 2.00. The molecule has 1 atom stereocenters. The predicted molar refractivity (Wildman–Crippen MR) is 87.8 cm³/mol. The molecule has 2 heterocycles. The fourth-order valence-electron chi connectivity index (χ4n) is 4.29. The van der Waals surface area contributed by atoms with E-state index in [1.807, 2.05) is 9.80 Å². The molecule has 4 rings (SSSR count). The molecule has 1 aromatic carbocycles. The number of nitrogens with one attached hydrogen (secondary N) is 1. The smallest absolute Gasteiger partial charge is 0.226 e. The highest BCUT2D eigenvalue weighted by Gasteiger charge is 2.58. The molecule has 1 aliphatic carbocycles. The monoisotopic (exact) mass is 335 g/mol. The lowest BCUT2D eigenvalue weighted by atomic mass is 9.91. The zero-order valence-corrected chi connectivity index (χ0v) is 13.7. The van der Waals surface area contributed by atoms with E-state index in [-0.39, 0.29) is 17.2 Å². The van der Waals surface area contributed by atoms with Crippen molar-refractivity contribution in [3.05, 3.63) is 29.8 Å². The van der Waals surface area contributed by atoms with Gasteiger partial charge in [0.05, 0.1) is 5.69 Å². The number of hydrogen-bond acceptors (Lipinski definition) is 3. The summed E-state index contributed by atoms with van der Waals surface area (Å²) in [5, 5.41) is 3.36. The number of nitrogens with zero attached hydrogens (tertiary/aromatic N) is 2. The van der Waals surface area contributed by atoms with Gasteiger partial charge in [-0.05, 0) is 49.9 Å². The highest BCUT2D eigenvalue weighted by atomic mass is 19.1. The zero-order valence-electron chi connectivity index (χ0n) is 13.7. The van der Waals surface area contributed by atoms with E-state index in [1.54, 1.807) is 0 Å². The van der Waals surface area contributed by atoms with E-state index in [1.165, 1.54) is 6.07 Å². The average Bonchev–Trinajstić information content (AvgIpc) is 3.30. The van der Waals surface area contributed by atoms with E-state index in [0.29, 0.717) is 31.9 Å². The Morgan fingerprint density at radius 3 is 2.54 bits per heavy atom. The third-order valence-corrected chi connectivity index (χ3v) is 5.93. The third-order valence-electron chi connectivity index (χ3n) is 5.93. The van der Waals surface area contributed by atoms with E-state index in [9.17, 15) is 13.6 Å². The summed E-state index contributed by atoms with van der Waals surface area (Å²) in [4.78, 5) is 16.5. The van der Waals surface area contributed by atoms with E-state index in [0.717, 1.165) is 44.5 Å². The van der Waals surface area contributed by atoms with Crippen molar-refractivity contribution in [2.75, 3.05) is 44.2 Å². The van der Waals surface area contributed by atoms with Crippen LogP contribution < -0.4 is 10.2 Å². The quantitative estimate of drug-likeness (QED) is 0.898. The second-order valence-electron chi connectivity index (χ2n) is 7.28. The molecular weight excluding hydrogens is 312 g/mol. The van der Waals surface area contributed by atoms with E-state index in [4.69, 9.17) is 0 Å². The largest absolute Gasteiger partial charge is 0.366 e. The summed E-state index contributed by atoms with van der Waals surface area (Å²) >= 11 is 0. The summed E-state index contributed by atoms with van der Waals surface area (Å²) in [6, 6.07) is 3.52. The van der Waals surface area contributed by atoms with Gasteiger partial charge in [-0.25, -0.2) is 8.78 Å². The molecule has 4 nitrogen and oxygen atoms in total. The number of rotatable bonds is 2. The Morgan fingerprint density at radius 2 is 1.83 bits per heavy atom. The summed E-state index contributed by atoms with van der Waals surface area (Å²) < 4.78 is 27.3. The summed E-state index contributed by atoms with van der Waals surface area (Å²) in [7, 11) is 0. The molecule has 1 saturated carbocycles. The summed E-state index contributed by atoms with van der Waals surface area (Å²) in [5.41, 5.74) is 0.539. The van der Waals surface area contributed by atoms with Gasteiger partial charge in [0.25, 0.3) is 0 Å². The Hall–Kier alpha value is -1.69. The number of benzene rings is 1. The number of piperidine rings is 1. The van der Waals surface area contributed by atoms with Gasteiger partial charge in [0.2, 0.25) is 5.91 Å². The number of amides is 1. The second kappa shape index (κ2) is 5.99. The van der Waals surface area contributed by atoms with Crippen molar-refractivity contribution in [1.82, 2.24) is 10.2 Å². The van der Waals surface area contributed by atoms with E-state index < -0.39 is 11.6 Å². The molecule has 1 spiro atoms. The SMILES string of the molecule is O=C(C1CC12CCNCC2)N1CCN(c2cc(F)ccc2F)CC1. The second-order valence-corrected chi connectivity index (χ2v) is 7.28. The number of carbonyl (C=O) groups is 1. The lowest BCUT2D eigenvalue weighted by molar-refractivity contribution is -0.133. The standard InChI is InChI=1S/C18H23F2N3O/c19-13-1-2-15(20)16(11-13)22-7-9-23(10-8-22)17(24)14-12-18(14)3-5-21-6-4-18/h1-2,11,14,21H,3-10,12H2. The lowest BCUT2D eigenvalue weighted by Crippen LogP contribution is -2.50. The van der Waals surface area contributed by atoms with Gasteiger partial charge in [-0.3, -0.25) is 4.79 Å². The lowest BCUT2D eigenvalue weighted by Gasteiger charge is -2.37. The molecule has 3 aliphatic rings. The van der Waals surface area contributed by atoms with Crippen molar-refractivity contribution in [2.45, 2.75) is 19.3 Å². The number of carbonyl (C=O) groups excluding carboxylic acids is 1. The van der Waals surface area contributed by atoms with Crippen molar-refractivity contribution in [1.29, 1.82) is 0 Å². The summed E-state index contributed by atoms with van der Waals surface area (Å²) in [6.45, 7) is 4.28. The number of piperazine rings is 1. The number of halogens is 2. The van der Waals surface area contributed by atoms with Crippen molar-refractivity contribution in [2.24, 2.45) is 11.3 Å². The minimum Gasteiger partial charge on any atom is -0.366 e. The summed E-state index contributed by atoms with van der Waals surface area (Å²) in [5.74, 6) is -0.406. The van der Waals surface area contributed by atoms with Crippen LogP contribution in [0, 0.1) is 23.0 Å². The van der Waals surface area contributed by atoms with Crippen LogP contribution in [0.15, 0.2) is 18.2 Å². The Morgan fingerprint density at radius 1 is 1.12 bits per heavy atom. The molecule has 3 fully saturated rings. The van der Waals surface area contributed by atoms with Crippen molar-refractivity contribution in [3.63, 3.8) is 0 Å². The maximum atomic E-state index is 13.9. The first-order valence-electron chi connectivity index (χ1n) is 8.79. The molecule has 0 aromatic heterocycles. The molecule has 1 amide bonds. The topological polar surface area (TPSA) is 35.6 Å². The molecular formula is C18H23F2N3O. The molecule has 2 saturated heterocycles. The van der Waals surface area contributed by atoms with E-state index >= 15 is 0 Å².